The predicted octanol–water partition coefficient (Wildman–Crippen LogP) is 2.02. The van der Waals surface area contributed by atoms with E-state index in [0.717, 1.165) is 0 Å². The number of benzene rings is 1. The maximum Gasteiger partial charge on any atom is 0.261 e. The van der Waals surface area contributed by atoms with Gasteiger partial charge in [-0.3, -0.25) is 24.1 Å². The second kappa shape index (κ2) is 7.73. The Kier molecular flexibility index (Phi) is 5.54. The van der Waals surface area contributed by atoms with Crippen molar-refractivity contribution in [3.8, 4) is 0 Å². The highest BCUT2D eigenvalue weighted by Crippen LogP contribution is 2.26. The molecule has 0 aliphatic carbocycles. The molecule has 150 valence electrons. The molecule has 1 fully saturated rings. The molecular formula is C21H27N3O4. The Morgan fingerprint density at radius 1 is 0.893 bits per heavy atom. The summed E-state index contributed by atoms with van der Waals surface area (Å²) in [6, 6.07) is 4.46. The number of imide groups is 1. The van der Waals surface area contributed by atoms with E-state index in [-0.39, 0.29) is 35.2 Å². The molecule has 2 heterocycles. The average Bonchev–Trinajstić information content (AvgIpc) is 2.91. The molecule has 2 aliphatic rings. The number of hydrogen-bond acceptors (Lipinski definition) is 4. The summed E-state index contributed by atoms with van der Waals surface area (Å²) in [5.74, 6) is -0.413. The van der Waals surface area contributed by atoms with Crippen molar-refractivity contribution in [1.29, 1.82) is 0 Å². The lowest BCUT2D eigenvalue weighted by Crippen LogP contribution is -2.50. The van der Waals surface area contributed by atoms with Gasteiger partial charge in [0.15, 0.2) is 0 Å². The van der Waals surface area contributed by atoms with Crippen molar-refractivity contribution in [3.63, 3.8) is 0 Å². The van der Waals surface area contributed by atoms with E-state index in [4.69, 9.17) is 0 Å². The number of carbonyl (C=O) groups excluding carboxylic acids is 4. The monoisotopic (exact) mass is 385 g/mol. The molecule has 3 rings (SSSR count). The van der Waals surface area contributed by atoms with Crippen LogP contribution in [0.1, 0.15) is 65.2 Å². The SMILES string of the molecule is CC(C)CC(=O)N1CCN(C(=O)c2ccc3c(c2)C(=O)N(C(C)C)C3=O)CC1. The predicted molar refractivity (Wildman–Crippen MR) is 104 cm³/mol. The maximum absolute atomic E-state index is 12.9. The number of carbonyl (C=O) groups is 4. The van der Waals surface area contributed by atoms with E-state index in [1.54, 1.807) is 35.8 Å². The van der Waals surface area contributed by atoms with Crippen LogP contribution in [0.5, 0.6) is 0 Å². The minimum absolute atomic E-state index is 0.123. The lowest BCUT2D eigenvalue weighted by molar-refractivity contribution is -0.133. The van der Waals surface area contributed by atoms with Gasteiger partial charge in [0.1, 0.15) is 0 Å². The topological polar surface area (TPSA) is 78.0 Å². The van der Waals surface area contributed by atoms with Gasteiger partial charge >= 0.3 is 0 Å². The minimum atomic E-state index is -0.353. The quantitative estimate of drug-likeness (QED) is 0.743. The zero-order valence-corrected chi connectivity index (χ0v) is 16.9. The average molecular weight is 385 g/mol. The van der Waals surface area contributed by atoms with Crippen LogP contribution in [-0.2, 0) is 4.79 Å². The number of piperazine rings is 1. The largest absolute Gasteiger partial charge is 0.339 e. The van der Waals surface area contributed by atoms with Crippen LogP contribution >= 0.6 is 0 Å². The smallest absolute Gasteiger partial charge is 0.261 e. The van der Waals surface area contributed by atoms with Gasteiger partial charge in [0.25, 0.3) is 17.7 Å². The Bertz CT molecular complexity index is 823. The maximum atomic E-state index is 12.9. The molecular weight excluding hydrogens is 358 g/mol. The summed E-state index contributed by atoms with van der Waals surface area (Å²) >= 11 is 0. The first-order valence-electron chi connectivity index (χ1n) is 9.79. The fourth-order valence-corrected chi connectivity index (χ4v) is 3.68. The van der Waals surface area contributed by atoms with Gasteiger partial charge in [0.05, 0.1) is 11.1 Å². The molecule has 7 heteroatoms. The molecule has 7 nitrogen and oxygen atoms in total. The third-order valence-electron chi connectivity index (χ3n) is 5.18. The van der Waals surface area contributed by atoms with Crippen LogP contribution in [0.25, 0.3) is 0 Å². The molecule has 2 aliphatic heterocycles. The van der Waals surface area contributed by atoms with Crippen LogP contribution < -0.4 is 0 Å². The summed E-state index contributed by atoms with van der Waals surface area (Å²) in [6.45, 7) is 9.55. The lowest BCUT2D eigenvalue weighted by Gasteiger charge is -2.35. The molecule has 0 saturated carbocycles. The molecule has 0 N–H and O–H groups in total. The fourth-order valence-electron chi connectivity index (χ4n) is 3.68. The standard InChI is InChI=1S/C21H27N3O4/c1-13(2)11-18(25)22-7-9-23(10-8-22)19(26)15-5-6-16-17(12-15)21(28)24(14(3)4)20(16)27/h5-6,12-14H,7-11H2,1-4H3. The number of nitrogens with zero attached hydrogens (tertiary/aromatic N) is 3. The third-order valence-corrected chi connectivity index (χ3v) is 5.18. The van der Waals surface area contributed by atoms with Crippen LogP contribution in [0.15, 0.2) is 18.2 Å². The van der Waals surface area contributed by atoms with E-state index in [1.165, 1.54) is 11.0 Å². The second-order valence-electron chi connectivity index (χ2n) is 8.11. The van der Waals surface area contributed by atoms with Gasteiger partial charge in [-0.05, 0) is 38.0 Å². The van der Waals surface area contributed by atoms with Gasteiger partial charge < -0.3 is 9.80 Å². The van der Waals surface area contributed by atoms with Gasteiger partial charge in [-0.1, -0.05) is 13.8 Å². The lowest BCUT2D eigenvalue weighted by atomic mass is 10.0. The molecule has 28 heavy (non-hydrogen) atoms. The highest BCUT2D eigenvalue weighted by Gasteiger charge is 2.38. The molecule has 0 radical (unpaired) electrons. The van der Waals surface area contributed by atoms with Crippen LogP contribution in [0.2, 0.25) is 0 Å². The summed E-state index contributed by atoms with van der Waals surface area (Å²) < 4.78 is 0. The Labute approximate surface area is 165 Å². The van der Waals surface area contributed by atoms with Gasteiger partial charge in [-0.15, -0.1) is 0 Å². The number of hydrogen-bond donors (Lipinski definition) is 0. The number of rotatable bonds is 4. The number of fused-ring (bicyclic) bond motifs is 1. The highest BCUT2D eigenvalue weighted by atomic mass is 16.2. The Morgan fingerprint density at radius 2 is 1.46 bits per heavy atom. The van der Waals surface area contributed by atoms with E-state index in [9.17, 15) is 19.2 Å². The van der Waals surface area contributed by atoms with E-state index in [2.05, 4.69) is 0 Å². The first-order valence-corrected chi connectivity index (χ1v) is 9.79. The Balaban J connectivity index is 1.70. The van der Waals surface area contributed by atoms with E-state index >= 15 is 0 Å². The molecule has 4 amide bonds. The molecule has 0 unspecified atom stereocenters. The van der Waals surface area contributed by atoms with Crippen LogP contribution in [0.4, 0.5) is 0 Å². The van der Waals surface area contributed by atoms with E-state index < -0.39 is 0 Å². The normalized spacial score (nSPS) is 17.0. The van der Waals surface area contributed by atoms with Crippen molar-refractivity contribution < 1.29 is 19.2 Å². The van der Waals surface area contributed by atoms with Crippen LogP contribution in [-0.4, -0.2) is 70.5 Å². The zero-order chi connectivity index (χ0) is 20.6. The Morgan fingerprint density at radius 3 is 2.04 bits per heavy atom. The van der Waals surface area contributed by atoms with Gasteiger partial charge in [0.2, 0.25) is 5.91 Å². The first-order chi connectivity index (χ1) is 13.2. The summed E-state index contributed by atoms with van der Waals surface area (Å²) in [7, 11) is 0. The minimum Gasteiger partial charge on any atom is -0.339 e. The van der Waals surface area contributed by atoms with Crippen molar-refractivity contribution >= 4 is 23.6 Å². The van der Waals surface area contributed by atoms with Crippen molar-refractivity contribution in [3.05, 3.63) is 34.9 Å². The van der Waals surface area contributed by atoms with E-state index in [1.807, 2.05) is 13.8 Å². The van der Waals surface area contributed by atoms with Crippen molar-refractivity contribution in [2.24, 2.45) is 5.92 Å². The van der Waals surface area contributed by atoms with Gasteiger partial charge in [-0.2, -0.15) is 0 Å². The molecule has 0 atom stereocenters. The molecule has 0 aromatic heterocycles. The third kappa shape index (κ3) is 3.66. The molecule has 1 aromatic rings. The van der Waals surface area contributed by atoms with E-state index in [0.29, 0.717) is 49.6 Å². The molecule has 0 spiro atoms. The first kappa shape index (κ1) is 20.0. The second-order valence-corrected chi connectivity index (χ2v) is 8.11. The number of amides is 4. The fraction of sp³-hybridized carbons (Fsp3) is 0.524. The summed E-state index contributed by atoms with van der Waals surface area (Å²) in [5, 5.41) is 0. The van der Waals surface area contributed by atoms with Crippen LogP contribution in [0.3, 0.4) is 0 Å². The van der Waals surface area contributed by atoms with Crippen molar-refractivity contribution in [2.75, 3.05) is 26.2 Å². The van der Waals surface area contributed by atoms with Gasteiger partial charge in [-0.25, -0.2) is 0 Å². The molecule has 0 bridgehead atoms. The Hall–Kier alpha value is -2.70. The molecule has 1 aromatic carbocycles. The van der Waals surface area contributed by atoms with Gasteiger partial charge in [0, 0.05) is 44.2 Å². The highest BCUT2D eigenvalue weighted by molar-refractivity contribution is 6.22. The summed E-state index contributed by atoms with van der Waals surface area (Å²) in [4.78, 5) is 54.7. The van der Waals surface area contributed by atoms with Crippen molar-refractivity contribution in [1.82, 2.24) is 14.7 Å². The van der Waals surface area contributed by atoms with Crippen molar-refractivity contribution in [2.45, 2.75) is 40.2 Å². The molecule has 1 saturated heterocycles. The zero-order valence-electron chi connectivity index (χ0n) is 16.9. The van der Waals surface area contributed by atoms with Crippen LogP contribution in [0, 0.1) is 5.92 Å². The summed E-state index contributed by atoms with van der Waals surface area (Å²) in [6.07, 6.45) is 0.515. The summed E-state index contributed by atoms with van der Waals surface area (Å²) in [5.41, 5.74) is 1.03.